The number of halogens is 2. The Hall–Kier alpha value is -2.90. The molecule has 0 saturated carbocycles. The Morgan fingerprint density at radius 3 is 2.43 bits per heavy atom. The van der Waals surface area contributed by atoms with Crippen LogP contribution < -0.4 is 10.1 Å². The van der Waals surface area contributed by atoms with Gasteiger partial charge < -0.3 is 19.8 Å². The highest BCUT2D eigenvalue weighted by Gasteiger charge is 2.19. The molecule has 0 aliphatic carbocycles. The van der Waals surface area contributed by atoms with E-state index in [2.05, 4.69) is 15.0 Å². The number of aromatic amines is 1. The second-order valence-corrected chi connectivity index (χ2v) is 4.52. The summed E-state index contributed by atoms with van der Waals surface area (Å²) in [6.07, 6.45) is 0.535. The predicted octanol–water partition coefficient (Wildman–Crippen LogP) is 2.80. The van der Waals surface area contributed by atoms with Crippen molar-refractivity contribution < 1.29 is 27.8 Å². The monoisotopic (exact) mass is 324 g/mol. The smallest absolute Gasteiger partial charge is 0.387 e. The van der Waals surface area contributed by atoms with Gasteiger partial charge in [0.05, 0.1) is 0 Å². The number of amides is 1. The van der Waals surface area contributed by atoms with Gasteiger partial charge in [0.1, 0.15) is 11.4 Å². The number of benzene rings is 1. The molecule has 0 bridgehead atoms. The van der Waals surface area contributed by atoms with E-state index in [0.717, 1.165) is 0 Å². The van der Waals surface area contributed by atoms with Gasteiger partial charge in [-0.05, 0) is 43.3 Å². The maximum atomic E-state index is 12.0. The zero-order valence-corrected chi connectivity index (χ0v) is 12.1. The molecule has 0 saturated heterocycles. The Morgan fingerprint density at radius 1 is 1.17 bits per heavy atom. The summed E-state index contributed by atoms with van der Waals surface area (Å²) in [7, 11) is 0. The lowest BCUT2D eigenvalue weighted by Crippen LogP contribution is -2.30. The number of carbonyl (C=O) groups is 2. The van der Waals surface area contributed by atoms with E-state index < -0.39 is 24.6 Å². The summed E-state index contributed by atoms with van der Waals surface area (Å²) in [5.74, 6) is -1.23. The average molecular weight is 324 g/mol. The number of esters is 1. The van der Waals surface area contributed by atoms with Gasteiger partial charge in [0.25, 0.3) is 5.91 Å². The van der Waals surface area contributed by atoms with E-state index >= 15 is 0 Å². The van der Waals surface area contributed by atoms with Gasteiger partial charge in [-0.3, -0.25) is 4.79 Å². The number of aromatic nitrogens is 1. The van der Waals surface area contributed by atoms with Crippen LogP contribution >= 0.6 is 0 Å². The molecule has 1 heterocycles. The highest BCUT2D eigenvalue weighted by Crippen LogP contribution is 2.18. The third-order valence-electron chi connectivity index (χ3n) is 2.82. The lowest BCUT2D eigenvalue weighted by Gasteiger charge is -2.13. The standard InChI is InChI=1S/C15H14F2N2O4/c1-9(22-14(21)12-3-2-8-18-12)13(20)19-10-4-6-11(7-5-10)23-15(16)17/h2-9,15,18H,1H3,(H,19,20). The number of alkyl halides is 2. The molecule has 1 unspecified atom stereocenters. The van der Waals surface area contributed by atoms with Crippen LogP contribution in [0.1, 0.15) is 17.4 Å². The molecule has 1 aromatic heterocycles. The van der Waals surface area contributed by atoms with Gasteiger partial charge >= 0.3 is 12.6 Å². The van der Waals surface area contributed by atoms with Crippen LogP contribution in [0.25, 0.3) is 0 Å². The number of carbonyl (C=O) groups excluding carboxylic acids is 2. The second-order valence-electron chi connectivity index (χ2n) is 4.52. The normalized spacial score (nSPS) is 11.8. The average Bonchev–Trinajstić information content (AvgIpc) is 3.03. The van der Waals surface area contributed by atoms with Crippen LogP contribution in [0, 0.1) is 0 Å². The predicted molar refractivity (Wildman–Crippen MR) is 77.4 cm³/mol. The van der Waals surface area contributed by atoms with Crippen LogP contribution in [0.3, 0.4) is 0 Å². The van der Waals surface area contributed by atoms with Gasteiger partial charge in [-0.25, -0.2) is 4.79 Å². The first kappa shape index (κ1) is 16.5. The minimum atomic E-state index is -2.91. The molecule has 122 valence electrons. The minimum absolute atomic E-state index is 0.0239. The highest BCUT2D eigenvalue weighted by molar-refractivity contribution is 5.96. The van der Waals surface area contributed by atoms with E-state index in [1.807, 2.05) is 0 Å². The van der Waals surface area contributed by atoms with E-state index in [1.54, 1.807) is 12.3 Å². The van der Waals surface area contributed by atoms with Gasteiger partial charge in [0.2, 0.25) is 0 Å². The molecule has 1 aromatic carbocycles. The van der Waals surface area contributed by atoms with Crippen LogP contribution in [0.15, 0.2) is 42.6 Å². The van der Waals surface area contributed by atoms with Crippen molar-refractivity contribution in [3.8, 4) is 5.75 Å². The largest absolute Gasteiger partial charge is 0.448 e. The molecule has 1 atom stereocenters. The van der Waals surface area contributed by atoms with Crippen LogP contribution in [0.5, 0.6) is 5.75 Å². The van der Waals surface area contributed by atoms with E-state index in [-0.39, 0.29) is 11.4 Å². The van der Waals surface area contributed by atoms with Crippen LogP contribution in [0.4, 0.5) is 14.5 Å². The second kappa shape index (κ2) is 7.39. The van der Waals surface area contributed by atoms with Crippen LogP contribution in [-0.4, -0.2) is 29.6 Å². The molecular weight excluding hydrogens is 310 g/mol. The summed E-state index contributed by atoms with van der Waals surface area (Å²) >= 11 is 0. The summed E-state index contributed by atoms with van der Waals surface area (Å²) in [6.45, 7) is -1.49. The maximum absolute atomic E-state index is 12.0. The molecule has 6 nitrogen and oxygen atoms in total. The first-order valence-electron chi connectivity index (χ1n) is 6.66. The third kappa shape index (κ3) is 4.80. The highest BCUT2D eigenvalue weighted by atomic mass is 19.3. The Labute approximate surface area is 130 Å². The third-order valence-corrected chi connectivity index (χ3v) is 2.82. The van der Waals surface area contributed by atoms with Gasteiger partial charge in [0, 0.05) is 11.9 Å². The van der Waals surface area contributed by atoms with Crippen molar-refractivity contribution in [2.75, 3.05) is 5.32 Å². The molecule has 1 amide bonds. The summed E-state index contributed by atoms with van der Waals surface area (Å²) in [5.41, 5.74) is 0.595. The fraction of sp³-hybridized carbons (Fsp3) is 0.200. The van der Waals surface area contributed by atoms with Crippen LogP contribution in [0.2, 0.25) is 0 Å². The molecule has 0 spiro atoms. The van der Waals surface area contributed by atoms with Crippen molar-refractivity contribution in [2.24, 2.45) is 0 Å². The first-order valence-corrected chi connectivity index (χ1v) is 6.66. The van der Waals surface area contributed by atoms with E-state index in [0.29, 0.717) is 5.69 Å². The Balaban J connectivity index is 1.89. The first-order chi connectivity index (χ1) is 11.0. The van der Waals surface area contributed by atoms with Crippen molar-refractivity contribution in [2.45, 2.75) is 19.6 Å². The lowest BCUT2D eigenvalue weighted by atomic mass is 10.3. The van der Waals surface area contributed by atoms with E-state index in [4.69, 9.17) is 4.74 Å². The number of H-pyrrole nitrogens is 1. The van der Waals surface area contributed by atoms with Crippen LogP contribution in [-0.2, 0) is 9.53 Å². The summed E-state index contributed by atoms with van der Waals surface area (Å²) in [4.78, 5) is 26.3. The fourth-order valence-corrected chi connectivity index (χ4v) is 1.70. The number of nitrogens with one attached hydrogen (secondary N) is 2. The van der Waals surface area contributed by atoms with E-state index in [1.165, 1.54) is 37.3 Å². The fourth-order valence-electron chi connectivity index (χ4n) is 1.70. The minimum Gasteiger partial charge on any atom is -0.448 e. The molecule has 8 heteroatoms. The zero-order chi connectivity index (χ0) is 16.8. The molecule has 2 rings (SSSR count). The van der Waals surface area contributed by atoms with Crippen molar-refractivity contribution in [3.05, 3.63) is 48.3 Å². The van der Waals surface area contributed by atoms with Gasteiger partial charge in [0.15, 0.2) is 6.10 Å². The molecule has 0 fully saturated rings. The molecule has 2 N–H and O–H groups in total. The van der Waals surface area contributed by atoms with Crippen molar-refractivity contribution in [1.82, 2.24) is 4.98 Å². The Morgan fingerprint density at radius 2 is 1.87 bits per heavy atom. The number of anilines is 1. The molecule has 23 heavy (non-hydrogen) atoms. The quantitative estimate of drug-likeness (QED) is 0.801. The molecule has 0 radical (unpaired) electrons. The van der Waals surface area contributed by atoms with Crippen molar-refractivity contribution >= 4 is 17.6 Å². The number of hydrogen-bond donors (Lipinski definition) is 2. The zero-order valence-electron chi connectivity index (χ0n) is 12.1. The number of ether oxygens (including phenoxy) is 2. The summed E-state index contributed by atoms with van der Waals surface area (Å²) < 4.78 is 33.3. The van der Waals surface area contributed by atoms with Gasteiger partial charge in [-0.2, -0.15) is 8.78 Å². The van der Waals surface area contributed by atoms with E-state index in [9.17, 15) is 18.4 Å². The topological polar surface area (TPSA) is 80.4 Å². The Bertz CT molecular complexity index is 657. The van der Waals surface area contributed by atoms with Gasteiger partial charge in [-0.15, -0.1) is 0 Å². The van der Waals surface area contributed by atoms with Gasteiger partial charge in [-0.1, -0.05) is 0 Å². The number of hydrogen-bond acceptors (Lipinski definition) is 4. The molecule has 0 aliphatic heterocycles. The number of rotatable bonds is 6. The van der Waals surface area contributed by atoms with Crippen molar-refractivity contribution in [1.29, 1.82) is 0 Å². The SMILES string of the molecule is CC(OC(=O)c1ccc[nH]1)C(=O)Nc1ccc(OC(F)F)cc1. The Kier molecular flexibility index (Phi) is 5.29. The van der Waals surface area contributed by atoms with Crippen molar-refractivity contribution in [3.63, 3.8) is 0 Å². The summed E-state index contributed by atoms with van der Waals surface area (Å²) in [6, 6.07) is 8.53. The lowest BCUT2D eigenvalue weighted by molar-refractivity contribution is -0.123. The maximum Gasteiger partial charge on any atom is 0.387 e. The molecular formula is C15H14F2N2O4. The summed E-state index contributed by atoms with van der Waals surface area (Å²) in [5, 5.41) is 2.50. The molecule has 2 aromatic rings. The molecule has 0 aliphatic rings.